The van der Waals surface area contributed by atoms with Crippen LogP contribution in [0.2, 0.25) is 0 Å². The first-order valence-corrected chi connectivity index (χ1v) is 12.9. The third-order valence-electron chi connectivity index (χ3n) is 6.41. The monoisotopic (exact) mass is 668 g/mol. The maximum Gasteiger partial charge on any atom is 0.0666 e. The molecule has 0 amide bonds. The second kappa shape index (κ2) is 17.7. The first-order valence-electron chi connectivity index (χ1n) is 12.9. The SMILES string of the molecule is C=[C-]CC(C)(C)c1[c-]cccc1.CC1=Nc2ccccc2C(C)(C)C1.C[C-]=NC(C)(C)c1[c-]cccc1.[Y].[Y]. The van der Waals surface area contributed by atoms with E-state index in [0.29, 0.717) is 0 Å². The minimum atomic E-state index is -0.198. The fourth-order valence-electron chi connectivity index (χ4n) is 4.46. The van der Waals surface area contributed by atoms with Crippen molar-refractivity contribution < 1.29 is 65.4 Å². The Labute approximate surface area is 289 Å². The first-order chi connectivity index (χ1) is 17.4. The molecule has 0 atom stereocenters. The molecule has 1 aliphatic heterocycles. The minimum Gasteiger partial charge on any atom is -0.503 e. The molecule has 3 aromatic rings. The van der Waals surface area contributed by atoms with Crippen LogP contribution < -0.4 is 0 Å². The maximum atomic E-state index is 4.56. The number of aliphatic imine (C=N–C) groups is 2. The minimum absolute atomic E-state index is 0. The topological polar surface area (TPSA) is 24.7 Å². The van der Waals surface area contributed by atoms with E-state index in [1.54, 1.807) is 0 Å². The largest absolute Gasteiger partial charge is 0.503 e. The van der Waals surface area contributed by atoms with Gasteiger partial charge in [-0.1, -0.05) is 51.3 Å². The molecule has 1 heterocycles. The molecule has 4 heteroatoms. The summed E-state index contributed by atoms with van der Waals surface area (Å²) in [5.41, 5.74) is 6.25. The van der Waals surface area contributed by atoms with Crippen LogP contribution in [0.25, 0.3) is 0 Å². The van der Waals surface area contributed by atoms with Crippen molar-refractivity contribution in [2.75, 3.05) is 0 Å². The van der Waals surface area contributed by atoms with E-state index >= 15 is 0 Å². The third-order valence-corrected chi connectivity index (χ3v) is 6.41. The molecule has 202 valence electrons. The van der Waals surface area contributed by atoms with Crippen LogP contribution >= 0.6 is 0 Å². The van der Waals surface area contributed by atoms with Gasteiger partial charge in [0.15, 0.2) is 0 Å². The molecule has 0 bridgehead atoms. The summed E-state index contributed by atoms with van der Waals surface area (Å²) in [6.07, 6.45) is 7.69. The molecule has 0 aliphatic carbocycles. The fraction of sp³-hybridized carbons (Fsp3) is 0.371. The zero-order valence-corrected chi connectivity index (χ0v) is 30.8. The van der Waals surface area contributed by atoms with Gasteiger partial charge in [-0.2, -0.15) is 79.6 Å². The Morgan fingerprint density at radius 2 is 1.44 bits per heavy atom. The summed E-state index contributed by atoms with van der Waals surface area (Å²) in [6.45, 7) is 20.6. The Hall–Kier alpha value is -1.05. The summed E-state index contributed by atoms with van der Waals surface area (Å²) < 4.78 is 0. The van der Waals surface area contributed by atoms with Crippen LogP contribution in [0.3, 0.4) is 0 Å². The molecule has 0 fully saturated rings. The average molecular weight is 669 g/mol. The number of hydrogen-bond donors (Lipinski definition) is 0. The quantitative estimate of drug-likeness (QED) is 0.191. The number of allylic oxidation sites excluding steroid dienone is 1. The van der Waals surface area contributed by atoms with Gasteiger partial charge in [-0.15, -0.1) is 5.56 Å². The van der Waals surface area contributed by atoms with E-state index in [2.05, 4.69) is 120 Å². The van der Waals surface area contributed by atoms with Gasteiger partial charge in [0.2, 0.25) is 0 Å². The van der Waals surface area contributed by atoms with Crippen LogP contribution in [-0.4, -0.2) is 11.9 Å². The first kappa shape index (κ1) is 37.9. The number of rotatable bonds is 5. The zero-order valence-electron chi connectivity index (χ0n) is 25.1. The molecular formula is C35H42N2Y2-4. The van der Waals surface area contributed by atoms with Gasteiger partial charge in [0, 0.05) is 76.7 Å². The van der Waals surface area contributed by atoms with Crippen molar-refractivity contribution in [2.45, 2.75) is 84.6 Å². The van der Waals surface area contributed by atoms with Gasteiger partial charge in [-0.25, -0.2) is 0 Å². The van der Waals surface area contributed by atoms with Crippen LogP contribution in [0.15, 0.2) is 89.4 Å². The maximum absolute atomic E-state index is 4.56. The summed E-state index contributed by atoms with van der Waals surface area (Å²) in [5, 5.41) is 0. The second-order valence-electron chi connectivity index (χ2n) is 11.2. The summed E-state index contributed by atoms with van der Waals surface area (Å²) in [7, 11) is 0. The summed E-state index contributed by atoms with van der Waals surface area (Å²) in [6, 6.07) is 30.8. The van der Waals surface area contributed by atoms with E-state index in [1.165, 1.54) is 16.8 Å². The van der Waals surface area contributed by atoms with Crippen LogP contribution in [0.1, 0.15) is 84.9 Å². The smallest absolute Gasteiger partial charge is 0.0666 e. The standard InChI is InChI=1S/C12H15N.C12H14.C11H13N.2Y/c1-9-8-12(2,3)10-6-4-5-7-11(10)13-9;1-4-10-12(2,3)11-8-6-5-7-9-11;1-4-12-11(2,3)10-8-6-5-7-9-10;;/h4-7H,8H2,1-3H3;5-8H,1,10H2,2-3H3;5-8H,1-3H3;;/q;2*-2;;. The van der Waals surface area contributed by atoms with E-state index < -0.39 is 0 Å². The van der Waals surface area contributed by atoms with Crippen molar-refractivity contribution in [3.05, 3.63) is 114 Å². The van der Waals surface area contributed by atoms with Gasteiger partial charge < -0.3 is 17.3 Å². The molecule has 1 aliphatic rings. The molecule has 2 radical (unpaired) electrons. The van der Waals surface area contributed by atoms with Crippen molar-refractivity contribution in [1.29, 1.82) is 0 Å². The van der Waals surface area contributed by atoms with E-state index in [0.717, 1.165) is 24.1 Å². The molecule has 0 spiro atoms. The third kappa shape index (κ3) is 12.1. The molecule has 0 unspecified atom stereocenters. The number of nitrogens with zero attached hydrogens (tertiary/aromatic N) is 2. The molecule has 0 aromatic heterocycles. The predicted molar refractivity (Wildman–Crippen MR) is 160 cm³/mol. The Morgan fingerprint density at radius 1 is 0.897 bits per heavy atom. The van der Waals surface area contributed by atoms with E-state index in [-0.39, 0.29) is 81.8 Å². The van der Waals surface area contributed by atoms with Crippen LogP contribution in [0.4, 0.5) is 5.69 Å². The summed E-state index contributed by atoms with van der Waals surface area (Å²) in [5.74, 6) is 0. The Bertz CT molecular complexity index is 1180. The summed E-state index contributed by atoms with van der Waals surface area (Å²) in [4.78, 5) is 8.80. The number of fused-ring (bicyclic) bond motifs is 1. The number of hydrogen-bond acceptors (Lipinski definition) is 2. The molecule has 0 saturated carbocycles. The second-order valence-corrected chi connectivity index (χ2v) is 11.2. The number of benzene rings is 3. The van der Waals surface area contributed by atoms with E-state index in [9.17, 15) is 0 Å². The predicted octanol–water partition coefficient (Wildman–Crippen LogP) is 9.29. The van der Waals surface area contributed by atoms with Crippen molar-refractivity contribution in [3.63, 3.8) is 0 Å². The van der Waals surface area contributed by atoms with Crippen LogP contribution in [-0.2, 0) is 81.8 Å². The molecule has 0 saturated heterocycles. The van der Waals surface area contributed by atoms with Gasteiger partial charge in [0.25, 0.3) is 0 Å². The van der Waals surface area contributed by atoms with Gasteiger partial charge in [0.05, 0.1) is 5.69 Å². The molecule has 2 nitrogen and oxygen atoms in total. The van der Waals surface area contributed by atoms with Gasteiger partial charge >= 0.3 is 0 Å². The number of para-hydroxylation sites is 1. The van der Waals surface area contributed by atoms with E-state index in [4.69, 9.17) is 0 Å². The van der Waals surface area contributed by atoms with Gasteiger partial charge in [-0.3, -0.25) is 11.6 Å². The molecule has 39 heavy (non-hydrogen) atoms. The molecular weight excluding hydrogens is 626 g/mol. The van der Waals surface area contributed by atoms with Gasteiger partial charge in [-0.05, 0) is 44.2 Å². The zero-order chi connectivity index (χ0) is 27.5. The Balaban J connectivity index is 0.000000542. The molecule has 0 N–H and O–H groups in total. The van der Waals surface area contributed by atoms with Crippen molar-refractivity contribution in [3.8, 4) is 0 Å². The Kier molecular flexibility index (Phi) is 17.2. The summed E-state index contributed by atoms with van der Waals surface area (Å²) >= 11 is 0. The van der Waals surface area contributed by atoms with Crippen molar-refractivity contribution >= 4 is 17.6 Å². The van der Waals surface area contributed by atoms with Crippen LogP contribution in [0.5, 0.6) is 0 Å². The van der Waals surface area contributed by atoms with Crippen molar-refractivity contribution in [2.24, 2.45) is 9.98 Å². The average Bonchev–Trinajstić information content (AvgIpc) is 2.85. The normalized spacial score (nSPS) is 13.6. The van der Waals surface area contributed by atoms with Crippen molar-refractivity contribution in [1.82, 2.24) is 0 Å². The van der Waals surface area contributed by atoms with Crippen LogP contribution in [0, 0.1) is 18.2 Å². The van der Waals surface area contributed by atoms with E-state index in [1.807, 2.05) is 49.4 Å². The molecule has 4 rings (SSSR count). The molecule has 3 aromatic carbocycles. The Morgan fingerprint density at radius 3 is 1.95 bits per heavy atom. The van der Waals surface area contributed by atoms with Gasteiger partial charge in [0.1, 0.15) is 0 Å². The fourth-order valence-corrected chi connectivity index (χ4v) is 4.46.